The van der Waals surface area contributed by atoms with Gasteiger partial charge in [0.1, 0.15) is 5.82 Å². The smallest absolute Gasteiger partial charge is 0.135 e. The van der Waals surface area contributed by atoms with Crippen LogP contribution in [0, 0.1) is 25.7 Å². The van der Waals surface area contributed by atoms with Gasteiger partial charge in [-0.1, -0.05) is 172 Å². The Morgan fingerprint density at radius 1 is 0.606 bits per heavy atom. The van der Waals surface area contributed by atoms with Crippen molar-refractivity contribution in [3.05, 3.63) is 235 Å². The monoisotopic (exact) mass is 1030 g/mol. The van der Waals surface area contributed by atoms with Crippen molar-refractivity contribution in [2.75, 3.05) is 9.80 Å². The number of aryl methyl sites for hydroxylation is 1. The topological polar surface area (TPSA) is 33.5 Å². The fourth-order valence-corrected chi connectivity index (χ4v) is 9.95. The van der Waals surface area contributed by atoms with Gasteiger partial charge < -0.3 is 19.1 Å². The van der Waals surface area contributed by atoms with E-state index in [4.69, 9.17) is 9.72 Å². The Morgan fingerprint density at radius 3 is 1.92 bits per heavy atom. The number of aromatic nitrogens is 2. The van der Waals surface area contributed by atoms with Crippen molar-refractivity contribution >= 4 is 44.6 Å². The number of fused-ring (bicyclic) bond motifs is 1. The molecule has 12 rings (SSSR count). The molecule has 10 aromatic rings. The Hall–Kier alpha value is -7.20. The number of hydrogen-bond acceptors (Lipinski definition) is 4. The summed E-state index contributed by atoms with van der Waals surface area (Å²) in [5, 5.41) is 2.45. The molecule has 0 saturated heterocycles. The van der Waals surface area contributed by atoms with E-state index in [1.165, 1.54) is 33.0 Å². The van der Waals surface area contributed by atoms with Crippen molar-refractivity contribution in [2.45, 2.75) is 39.0 Å². The van der Waals surface area contributed by atoms with E-state index in [0.29, 0.717) is 11.5 Å². The first-order chi connectivity index (χ1) is 31.8. The van der Waals surface area contributed by atoms with Crippen molar-refractivity contribution in [1.29, 1.82) is 0 Å². The average Bonchev–Trinajstić information content (AvgIpc) is 4.01. The molecular weight excluding hydrogens is 988 g/mol. The fraction of sp³-hybridized carbons (Fsp3) is 0.100. The summed E-state index contributed by atoms with van der Waals surface area (Å²) < 4.78 is 9.32. The van der Waals surface area contributed by atoms with E-state index < -0.39 is 0 Å². The molecule has 5 nitrogen and oxygen atoms in total. The molecule has 1 atom stereocenters. The number of benzene rings is 8. The zero-order valence-corrected chi connectivity index (χ0v) is 39.3. The molecule has 1 aliphatic heterocycles. The third kappa shape index (κ3) is 6.84. The second kappa shape index (κ2) is 16.3. The molecule has 1 aliphatic carbocycles. The normalized spacial score (nSPS) is 14.0. The van der Waals surface area contributed by atoms with Crippen molar-refractivity contribution in [3.63, 3.8) is 0 Å². The van der Waals surface area contributed by atoms with Crippen LogP contribution in [-0.2, 0) is 26.5 Å². The van der Waals surface area contributed by atoms with Crippen LogP contribution >= 0.6 is 0 Å². The average molecular weight is 1030 g/mol. The Labute approximate surface area is 400 Å². The van der Waals surface area contributed by atoms with Crippen molar-refractivity contribution in [1.82, 2.24) is 9.55 Å². The first kappa shape index (κ1) is 41.5. The largest absolute Gasteiger partial charge is 0.509 e. The number of ether oxygens (including phenoxy) is 1. The van der Waals surface area contributed by atoms with Gasteiger partial charge in [-0.3, -0.25) is 0 Å². The first-order valence-electron chi connectivity index (χ1n) is 22.3. The van der Waals surface area contributed by atoms with Crippen molar-refractivity contribution < 1.29 is 25.8 Å². The summed E-state index contributed by atoms with van der Waals surface area (Å²) in [6.07, 6.45) is 1.93. The quantitative estimate of drug-likeness (QED) is 0.142. The number of pyridine rings is 1. The van der Waals surface area contributed by atoms with Crippen molar-refractivity contribution in [3.8, 4) is 39.6 Å². The maximum atomic E-state index is 7.05. The summed E-state index contributed by atoms with van der Waals surface area (Å²) in [7, 11) is 0. The summed E-state index contributed by atoms with van der Waals surface area (Å²) in [6.45, 7) is 11.0. The van der Waals surface area contributed by atoms with Crippen LogP contribution in [0.2, 0.25) is 0 Å². The van der Waals surface area contributed by atoms with E-state index in [9.17, 15) is 0 Å². The number of rotatable bonds is 8. The number of para-hydroxylation sites is 3. The van der Waals surface area contributed by atoms with Gasteiger partial charge in [0, 0.05) is 78.4 Å². The van der Waals surface area contributed by atoms with E-state index in [0.717, 1.165) is 67.4 Å². The van der Waals surface area contributed by atoms with Crippen LogP contribution in [0.1, 0.15) is 54.5 Å². The molecule has 0 N–H and O–H groups in total. The predicted molar refractivity (Wildman–Crippen MR) is 266 cm³/mol. The van der Waals surface area contributed by atoms with E-state index in [2.05, 4.69) is 243 Å². The fourth-order valence-electron chi connectivity index (χ4n) is 9.95. The van der Waals surface area contributed by atoms with Crippen LogP contribution in [0.4, 0.5) is 22.7 Å². The van der Waals surface area contributed by atoms with Crippen LogP contribution in [0.5, 0.6) is 11.5 Å². The minimum atomic E-state index is -0.0433. The van der Waals surface area contributed by atoms with Gasteiger partial charge in [-0.2, -0.15) is 6.07 Å². The van der Waals surface area contributed by atoms with Crippen LogP contribution < -0.4 is 14.5 Å². The summed E-state index contributed by atoms with van der Waals surface area (Å²) >= 11 is 0. The Balaban J connectivity index is 0.00000481. The maximum Gasteiger partial charge on any atom is 0.135 e. The number of anilines is 4. The van der Waals surface area contributed by atoms with Gasteiger partial charge in [0.25, 0.3) is 0 Å². The van der Waals surface area contributed by atoms with Gasteiger partial charge in [-0.25, -0.2) is 4.98 Å². The summed E-state index contributed by atoms with van der Waals surface area (Å²) in [5.41, 5.74) is 16.7. The molecule has 1 unspecified atom stereocenters. The molecule has 2 aliphatic rings. The zero-order chi connectivity index (χ0) is 43.8. The summed E-state index contributed by atoms with van der Waals surface area (Å²) in [5.74, 6) is 2.20. The van der Waals surface area contributed by atoms with E-state index in [1.807, 2.05) is 6.20 Å². The third-order valence-corrected chi connectivity index (χ3v) is 13.1. The Kier molecular flexibility index (Phi) is 10.3. The maximum absolute atomic E-state index is 7.05. The zero-order valence-electron chi connectivity index (χ0n) is 37.1. The van der Waals surface area contributed by atoms with Gasteiger partial charge in [0.15, 0.2) is 0 Å². The van der Waals surface area contributed by atoms with Gasteiger partial charge in [-0.05, 0) is 69.0 Å². The van der Waals surface area contributed by atoms with Crippen LogP contribution in [0.25, 0.3) is 49.9 Å². The van der Waals surface area contributed by atoms with Gasteiger partial charge in [0.2, 0.25) is 0 Å². The standard InChI is InChI=1S/C60H45N4O.Pt/c1-39-30-31-44(62-38-63(51-28-15-14-27-50(51)62)59-46(40-18-8-5-9-19-40)24-16-25-47(59)41-20-10-6-11-21-41)35-54(39)65-45-36-49-56(42-22-12-7-13-23-42)48-26-17-29-52-57(48)58(49)53(37-45)64(52)55-34-43(32-33-61-55)60(2,3)4;/h5-34,36,38,56H,1-4H3;/q-3;. The molecule has 0 bridgehead atoms. The summed E-state index contributed by atoms with van der Waals surface area (Å²) in [4.78, 5) is 9.54. The van der Waals surface area contributed by atoms with Crippen LogP contribution in [-0.4, -0.2) is 9.55 Å². The first-order valence-corrected chi connectivity index (χ1v) is 22.3. The van der Waals surface area contributed by atoms with Crippen molar-refractivity contribution in [2.24, 2.45) is 0 Å². The number of hydrogen-bond donors (Lipinski definition) is 0. The molecule has 6 heteroatoms. The molecule has 2 aromatic heterocycles. The molecule has 324 valence electrons. The van der Waals surface area contributed by atoms with Crippen LogP contribution in [0.3, 0.4) is 0 Å². The van der Waals surface area contributed by atoms with Crippen LogP contribution in [0.15, 0.2) is 188 Å². The second-order valence-corrected chi connectivity index (χ2v) is 18.1. The molecule has 0 saturated carbocycles. The second-order valence-electron chi connectivity index (χ2n) is 18.1. The van der Waals surface area contributed by atoms with E-state index in [1.54, 1.807) is 0 Å². The minimum absolute atomic E-state index is 0. The van der Waals surface area contributed by atoms with E-state index in [-0.39, 0.29) is 32.4 Å². The molecule has 0 amide bonds. The molecule has 66 heavy (non-hydrogen) atoms. The van der Waals surface area contributed by atoms with Gasteiger partial charge in [0.05, 0.1) is 0 Å². The minimum Gasteiger partial charge on any atom is -0.509 e. The van der Waals surface area contributed by atoms with Gasteiger partial charge in [-0.15, -0.1) is 47.7 Å². The number of nitrogens with zero attached hydrogens (tertiary/aromatic N) is 4. The molecular formula is C60H45N4OPt-3. The molecule has 8 aromatic carbocycles. The summed E-state index contributed by atoms with van der Waals surface area (Å²) in [6, 6.07) is 72.3. The molecule has 0 fully saturated rings. The molecule has 3 heterocycles. The third-order valence-electron chi connectivity index (χ3n) is 13.1. The van der Waals surface area contributed by atoms with Gasteiger partial charge >= 0.3 is 0 Å². The Morgan fingerprint density at radius 2 is 1.24 bits per heavy atom. The molecule has 0 spiro atoms. The molecule has 0 radical (unpaired) electrons. The van der Waals surface area contributed by atoms with E-state index >= 15 is 0 Å². The predicted octanol–water partition coefficient (Wildman–Crippen LogP) is 15.4. The SMILES string of the molecule is Cc1ccc(N2[CH-]N(c3c(-c4ccccc4)cccc3-c3ccccc3)c3ccccc32)[c-]c1Oc1[c-]c2c3c(c1)C(c1ccccc1)c1cccc(c13)n2-c1cc(C(C)(C)C)ccn1.[Pt]. The Bertz CT molecular complexity index is 3390.